The molecule has 1 aromatic rings. The summed E-state index contributed by atoms with van der Waals surface area (Å²) >= 11 is 0. The van der Waals surface area contributed by atoms with E-state index in [0.29, 0.717) is 12.3 Å². The minimum Gasteiger partial charge on any atom is -0.494 e. The van der Waals surface area contributed by atoms with Crippen molar-refractivity contribution in [2.75, 3.05) is 24.3 Å². The fraction of sp³-hybridized carbons (Fsp3) is 0.600. The molecule has 0 unspecified atom stereocenters. The molecule has 1 fully saturated rings. The summed E-state index contributed by atoms with van der Waals surface area (Å²) in [5.74, 6) is 0.772. The molecule has 1 saturated carbocycles. The first-order valence-electron chi connectivity index (χ1n) is 7.10. The minimum atomic E-state index is -0.199. The van der Waals surface area contributed by atoms with Crippen LogP contribution in [0.3, 0.4) is 0 Å². The summed E-state index contributed by atoms with van der Waals surface area (Å²) in [6.07, 6.45) is 5.58. The van der Waals surface area contributed by atoms with Gasteiger partial charge >= 0.3 is 0 Å². The van der Waals surface area contributed by atoms with E-state index in [1.165, 1.54) is 6.42 Å². The van der Waals surface area contributed by atoms with Gasteiger partial charge < -0.3 is 20.9 Å². The first-order valence-corrected chi connectivity index (χ1v) is 7.10. The maximum Gasteiger partial charge on any atom is 0.123 e. The summed E-state index contributed by atoms with van der Waals surface area (Å²) < 4.78 is 5.50. The van der Waals surface area contributed by atoms with Crippen LogP contribution in [0.5, 0.6) is 5.75 Å². The minimum absolute atomic E-state index is 0.158. The van der Waals surface area contributed by atoms with Crippen LogP contribution in [0.1, 0.15) is 39.0 Å². The maximum absolute atomic E-state index is 9.72. The second-order valence-electron chi connectivity index (χ2n) is 5.35. The highest BCUT2D eigenvalue weighted by atomic mass is 16.5. The topological polar surface area (TPSA) is 67.5 Å². The Bertz CT molecular complexity index is 415. The number of ether oxygens (including phenoxy) is 1. The summed E-state index contributed by atoms with van der Waals surface area (Å²) in [7, 11) is 0. The van der Waals surface area contributed by atoms with Gasteiger partial charge in [0.05, 0.1) is 18.8 Å². The average Bonchev–Trinajstić information content (AvgIpc) is 2.39. The van der Waals surface area contributed by atoms with Crippen molar-refractivity contribution in [1.29, 1.82) is 0 Å². The van der Waals surface area contributed by atoms with Crippen LogP contribution < -0.4 is 15.8 Å². The van der Waals surface area contributed by atoms with Gasteiger partial charge in [0.2, 0.25) is 0 Å². The van der Waals surface area contributed by atoms with Crippen LogP contribution in [0.2, 0.25) is 0 Å². The highest BCUT2D eigenvalue weighted by molar-refractivity contribution is 5.60. The van der Waals surface area contributed by atoms with Crippen LogP contribution in [-0.2, 0) is 0 Å². The lowest BCUT2D eigenvalue weighted by molar-refractivity contribution is 0.173. The zero-order valence-corrected chi connectivity index (χ0v) is 11.6. The molecule has 4 N–H and O–H groups in total. The van der Waals surface area contributed by atoms with Crippen molar-refractivity contribution >= 4 is 11.4 Å². The van der Waals surface area contributed by atoms with Crippen LogP contribution in [0.15, 0.2) is 18.2 Å². The highest BCUT2D eigenvalue weighted by Crippen LogP contribution is 2.33. The Kier molecular flexibility index (Phi) is 4.53. The van der Waals surface area contributed by atoms with Crippen molar-refractivity contribution in [3.05, 3.63) is 18.2 Å². The van der Waals surface area contributed by atoms with E-state index in [0.717, 1.165) is 37.1 Å². The molecule has 4 heteroatoms. The molecule has 0 heterocycles. The third-order valence-corrected chi connectivity index (χ3v) is 3.76. The van der Waals surface area contributed by atoms with Crippen LogP contribution in [0.4, 0.5) is 11.4 Å². The summed E-state index contributed by atoms with van der Waals surface area (Å²) in [5, 5.41) is 13.2. The number of aliphatic hydroxyl groups excluding tert-OH is 1. The number of nitrogens with one attached hydrogen (secondary N) is 1. The Morgan fingerprint density at radius 1 is 1.26 bits per heavy atom. The van der Waals surface area contributed by atoms with Crippen molar-refractivity contribution < 1.29 is 9.84 Å². The van der Waals surface area contributed by atoms with Gasteiger partial charge in [0.25, 0.3) is 0 Å². The van der Waals surface area contributed by atoms with Crippen LogP contribution in [0.25, 0.3) is 0 Å². The lowest BCUT2D eigenvalue weighted by Crippen LogP contribution is -2.43. The Labute approximate surface area is 115 Å². The number of nitrogen functional groups attached to an aromatic ring is 1. The number of nitrogens with two attached hydrogens (primary N) is 1. The van der Waals surface area contributed by atoms with E-state index in [1.807, 2.05) is 25.1 Å². The number of rotatable bonds is 5. The Hall–Kier alpha value is -1.42. The lowest BCUT2D eigenvalue weighted by Gasteiger charge is -2.37. The lowest BCUT2D eigenvalue weighted by atomic mass is 9.82. The molecule has 0 radical (unpaired) electrons. The van der Waals surface area contributed by atoms with E-state index in [9.17, 15) is 5.11 Å². The molecule has 1 aromatic carbocycles. The molecule has 19 heavy (non-hydrogen) atoms. The molecule has 2 rings (SSSR count). The Morgan fingerprint density at radius 3 is 2.63 bits per heavy atom. The number of anilines is 2. The molecule has 4 nitrogen and oxygen atoms in total. The molecule has 0 saturated heterocycles. The number of hydrogen-bond acceptors (Lipinski definition) is 4. The van der Waals surface area contributed by atoms with Gasteiger partial charge in [-0.05, 0) is 25.8 Å². The predicted octanol–water partition coefficient (Wildman–Crippen LogP) is 2.77. The van der Waals surface area contributed by atoms with Gasteiger partial charge in [-0.25, -0.2) is 0 Å². The zero-order valence-electron chi connectivity index (χ0n) is 11.6. The molecule has 106 valence electrons. The SMILES string of the molecule is CCOc1cc(N)cc(NC2(CO)CCCCC2)c1. The number of hydrogen-bond donors (Lipinski definition) is 3. The second kappa shape index (κ2) is 6.15. The van der Waals surface area contributed by atoms with Crippen LogP contribution >= 0.6 is 0 Å². The van der Waals surface area contributed by atoms with Gasteiger partial charge in [-0.2, -0.15) is 0 Å². The molecule has 1 aliphatic carbocycles. The Morgan fingerprint density at radius 2 is 2.00 bits per heavy atom. The van der Waals surface area contributed by atoms with Gasteiger partial charge in [-0.3, -0.25) is 0 Å². The van der Waals surface area contributed by atoms with Crippen molar-refractivity contribution in [3.8, 4) is 5.75 Å². The monoisotopic (exact) mass is 264 g/mol. The number of aliphatic hydroxyl groups is 1. The summed E-state index contributed by atoms with van der Waals surface area (Å²) in [5.41, 5.74) is 7.31. The summed E-state index contributed by atoms with van der Waals surface area (Å²) in [4.78, 5) is 0. The van der Waals surface area contributed by atoms with Gasteiger partial charge in [0, 0.05) is 23.5 Å². The summed E-state index contributed by atoms with van der Waals surface area (Å²) in [6, 6.07) is 5.67. The van der Waals surface area contributed by atoms with Crippen molar-refractivity contribution in [3.63, 3.8) is 0 Å². The van der Waals surface area contributed by atoms with Crippen molar-refractivity contribution in [2.24, 2.45) is 0 Å². The first kappa shape index (κ1) is 14.0. The molecule has 0 atom stereocenters. The van der Waals surface area contributed by atoms with Gasteiger partial charge in [0.15, 0.2) is 0 Å². The van der Waals surface area contributed by atoms with Gasteiger partial charge in [-0.1, -0.05) is 19.3 Å². The average molecular weight is 264 g/mol. The highest BCUT2D eigenvalue weighted by Gasteiger charge is 2.31. The van der Waals surface area contributed by atoms with E-state index in [2.05, 4.69) is 5.32 Å². The maximum atomic E-state index is 9.72. The molecule has 0 spiro atoms. The summed E-state index contributed by atoms with van der Waals surface area (Å²) in [6.45, 7) is 2.73. The predicted molar refractivity (Wildman–Crippen MR) is 78.5 cm³/mol. The normalized spacial score (nSPS) is 18.0. The molecule has 0 amide bonds. The van der Waals surface area contributed by atoms with E-state index >= 15 is 0 Å². The molecular formula is C15H24N2O2. The first-order chi connectivity index (χ1) is 9.17. The van der Waals surface area contributed by atoms with Crippen molar-refractivity contribution in [1.82, 2.24) is 0 Å². The van der Waals surface area contributed by atoms with Crippen LogP contribution in [-0.4, -0.2) is 23.9 Å². The third kappa shape index (κ3) is 3.53. The standard InChI is InChI=1S/C15H24N2O2/c1-2-19-14-9-12(16)8-13(10-14)17-15(11-18)6-4-3-5-7-15/h8-10,17-18H,2-7,11,16H2,1H3. The van der Waals surface area contributed by atoms with E-state index in [-0.39, 0.29) is 12.1 Å². The Balaban J connectivity index is 2.16. The van der Waals surface area contributed by atoms with Crippen molar-refractivity contribution in [2.45, 2.75) is 44.6 Å². The van der Waals surface area contributed by atoms with E-state index < -0.39 is 0 Å². The fourth-order valence-electron chi connectivity index (χ4n) is 2.80. The smallest absolute Gasteiger partial charge is 0.123 e. The van der Waals surface area contributed by atoms with E-state index in [4.69, 9.17) is 10.5 Å². The second-order valence-corrected chi connectivity index (χ2v) is 5.35. The molecule has 0 aromatic heterocycles. The molecular weight excluding hydrogens is 240 g/mol. The number of benzene rings is 1. The van der Waals surface area contributed by atoms with Gasteiger partial charge in [0.1, 0.15) is 5.75 Å². The molecule has 0 bridgehead atoms. The third-order valence-electron chi connectivity index (χ3n) is 3.76. The van der Waals surface area contributed by atoms with E-state index in [1.54, 1.807) is 0 Å². The van der Waals surface area contributed by atoms with Crippen LogP contribution in [0, 0.1) is 0 Å². The quantitative estimate of drug-likeness (QED) is 0.715. The molecule has 0 aliphatic heterocycles. The molecule has 1 aliphatic rings. The largest absolute Gasteiger partial charge is 0.494 e. The fourth-order valence-corrected chi connectivity index (χ4v) is 2.80. The van der Waals surface area contributed by atoms with Gasteiger partial charge in [-0.15, -0.1) is 0 Å². The zero-order chi connectivity index (χ0) is 13.7.